The molecule has 1 aromatic rings. The molecule has 0 aliphatic heterocycles. The number of aliphatic hydroxyl groups excluding tert-OH is 1. The van der Waals surface area contributed by atoms with Crippen LogP contribution in [0.5, 0.6) is 0 Å². The second-order valence-corrected chi connectivity index (χ2v) is 8.63. The zero-order valence-electron chi connectivity index (χ0n) is 13.4. The summed E-state index contributed by atoms with van der Waals surface area (Å²) in [5.74, 6) is 0. The van der Waals surface area contributed by atoms with E-state index in [2.05, 4.69) is 32.4 Å². The summed E-state index contributed by atoms with van der Waals surface area (Å²) in [5, 5.41) is 9.24. The molecule has 1 aliphatic carbocycles. The molecule has 0 unspecified atom stereocenters. The molecule has 1 aliphatic rings. The molecule has 118 valence electrons. The Balaban J connectivity index is 2.37. The molecule has 0 radical (unpaired) electrons. The zero-order valence-corrected chi connectivity index (χ0v) is 14.2. The summed E-state index contributed by atoms with van der Waals surface area (Å²) in [5.41, 5.74) is 1.28. The van der Waals surface area contributed by atoms with Gasteiger partial charge in [-0.1, -0.05) is 46.8 Å². The van der Waals surface area contributed by atoms with Gasteiger partial charge in [0.25, 0.3) is 0 Å². The summed E-state index contributed by atoms with van der Waals surface area (Å²) >= 11 is 0. The molecule has 0 atom stereocenters. The first kappa shape index (κ1) is 16.5. The molecule has 0 aromatic heterocycles. The third-order valence-corrected chi connectivity index (χ3v) is 6.78. The molecular weight excluding hydrogens is 286 g/mol. The van der Waals surface area contributed by atoms with Gasteiger partial charge in [0, 0.05) is 6.04 Å². The van der Waals surface area contributed by atoms with Crippen molar-refractivity contribution in [2.45, 2.75) is 58.6 Å². The van der Waals surface area contributed by atoms with Crippen molar-refractivity contribution in [3.05, 3.63) is 29.3 Å². The van der Waals surface area contributed by atoms with E-state index >= 15 is 0 Å². The van der Waals surface area contributed by atoms with Crippen molar-refractivity contribution >= 4 is 10.0 Å². The lowest BCUT2D eigenvalue weighted by Crippen LogP contribution is -2.30. The highest BCUT2D eigenvalue weighted by Crippen LogP contribution is 2.62. The first-order valence-electron chi connectivity index (χ1n) is 7.33. The topological polar surface area (TPSA) is 66.4 Å². The van der Waals surface area contributed by atoms with E-state index in [1.807, 2.05) is 6.92 Å². The Labute approximate surface area is 127 Å². The van der Waals surface area contributed by atoms with Crippen molar-refractivity contribution in [2.24, 2.45) is 10.8 Å². The number of hydrogen-bond acceptors (Lipinski definition) is 3. The quantitative estimate of drug-likeness (QED) is 0.878. The fourth-order valence-corrected chi connectivity index (χ4v) is 4.84. The molecule has 2 N–H and O–H groups in total. The molecule has 0 saturated heterocycles. The molecular formula is C16H25NO3S. The van der Waals surface area contributed by atoms with Crippen LogP contribution in [0.1, 0.15) is 45.7 Å². The summed E-state index contributed by atoms with van der Waals surface area (Å²) in [7, 11) is -3.58. The first-order chi connectivity index (χ1) is 9.57. The van der Waals surface area contributed by atoms with Crippen LogP contribution in [0.2, 0.25) is 0 Å². The van der Waals surface area contributed by atoms with E-state index in [1.54, 1.807) is 18.2 Å². The minimum absolute atomic E-state index is 0.0545. The van der Waals surface area contributed by atoms with Crippen LogP contribution in [-0.4, -0.2) is 19.6 Å². The van der Waals surface area contributed by atoms with Crippen molar-refractivity contribution in [3.63, 3.8) is 0 Å². The molecule has 0 heterocycles. The third-order valence-electron chi connectivity index (χ3n) is 5.28. The van der Waals surface area contributed by atoms with Crippen molar-refractivity contribution in [3.8, 4) is 0 Å². The minimum Gasteiger partial charge on any atom is -0.392 e. The van der Waals surface area contributed by atoms with E-state index in [0.29, 0.717) is 12.0 Å². The standard InChI is InChI=1S/C16H25NO3S/c1-6-12-8-7-11(10-18)9-13(12)21(19,20)17-14-15(2,3)16(14,4)5/h7-9,14,17-18H,6,10H2,1-5H3. The highest BCUT2D eigenvalue weighted by atomic mass is 32.2. The molecule has 21 heavy (non-hydrogen) atoms. The number of sulfonamides is 1. The number of nitrogens with one attached hydrogen (secondary N) is 1. The van der Waals surface area contributed by atoms with Crippen LogP contribution in [0, 0.1) is 10.8 Å². The minimum atomic E-state index is -3.58. The molecule has 0 amide bonds. The van der Waals surface area contributed by atoms with Gasteiger partial charge in [-0.05, 0) is 34.4 Å². The van der Waals surface area contributed by atoms with E-state index in [9.17, 15) is 13.5 Å². The third kappa shape index (κ3) is 2.62. The maximum atomic E-state index is 12.7. The number of rotatable bonds is 5. The van der Waals surface area contributed by atoms with Crippen molar-refractivity contribution in [1.82, 2.24) is 4.72 Å². The smallest absolute Gasteiger partial charge is 0.241 e. The Bertz CT molecular complexity index is 633. The lowest BCUT2D eigenvalue weighted by atomic mass is 10.0. The number of benzene rings is 1. The zero-order chi connectivity index (χ0) is 16.1. The second kappa shape index (κ2) is 5.07. The van der Waals surface area contributed by atoms with Gasteiger partial charge in [0.2, 0.25) is 10.0 Å². The second-order valence-electron chi connectivity index (χ2n) is 6.95. The predicted octanol–water partition coefficient (Wildman–Crippen LogP) is 2.45. The van der Waals surface area contributed by atoms with Crippen molar-refractivity contribution in [1.29, 1.82) is 0 Å². The molecule has 1 saturated carbocycles. The molecule has 0 spiro atoms. The Morgan fingerprint density at radius 1 is 1.19 bits per heavy atom. The molecule has 1 fully saturated rings. The maximum Gasteiger partial charge on any atom is 0.241 e. The highest BCUT2D eigenvalue weighted by Gasteiger charge is 2.66. The van der Waals surface area contributed by atoms with E-state index in [1.165, 1.54) is 0 Å². The largest absolute Gasteiger partial charge is 0.392 e. The van der Waals surface area contributed by atoms with Crippen LogP contribution in [0.3, 0.4) is 0 Å². The van der Waals surface area contributed by atoms with Crippen LogP contribution < -0.4 is 4.72 Å². The molecule has 1 aromatic carbocycles. The van der Waals surface area contributed by atoms with Gasteiger partial charge < -0.3 is 5.11 Å². The summed E-state index contributed by atoms with van der Waals surface area (Å²) < 4.78 is 28.3. The fourth-order valence-electron chi connectivity index (χ4n) is 2.95. The summed E-state index contributed by atoms with van der Waals surface area (Å²) in [6.07, 6.45) is 0.638. The molecule has 0 bridgehead atoms. The van der Waals surface area contributed by atoms with Gasteiger partial charge >= 0.3 is 0 Å². The molecule has 5 heteroatoms. The van der Waals surface area contributed by atoms with Gasteiger partial charge in [0.15, 0.2) is 0 Å². The van der Waals surface area contributed by atoms with E-state index in [-0.39, 0.29) is 28.4 Å². The fraction of sp³-hybridized carbons (Fsp3) is 0.625. The normalized spacial score (nSPS) is 20.5. The monoisotopic (exact) mass is 311 g/mol. The Morgan fingerprint density at radius 3 is 2.19 bits per heavy atom. The number of hydrogen-bond donors (Lipinski definition) is 2. The van der Waals surface area contributed by atoms with Gasteiger partial charge in [-0.15, -0.1) is 0 Å². The predicted molar refractivity (Wildman–Crippen MR) is 83.4 cm³/mol. The Kier molecular flexibility index (Phi) is 3.98. The lowest BCUT2D eigenvalue weighted by molar-refractivity contribution is 0.281. The maximum absolute atomic E-state index is 12.7. The van der Waals surface area contributed by atoms with Crippen LogP contribution >= 0.6 is 0 Å². The Hall–Kier alpha value is -0.910. The summed E-state index contributed by atoms with van der Waals surface area (Å²) in [4.78, 5) is 0.287. The molecule has 4 nitrogen and oxygen atoms in total. The number of aryl methyl sites for hydroxylation is 1. The van der Waals surface area contributed by atoms with Crippen molar-refractivity contribution in [2.75, 3.05) is 0 Å². The average Bonchev–Trinajstić information content (AvgIpc) is 2.80. The summed E-state index contributed by atoms with van der Waals surface area (Å²) in [6.45, 7) is 10.1. The summed E-state index contributed by atoms with van der Waals surface area (Å²) in [6, 6.07) is 5.05. The lowest BCUT2D eigenvalue weighted by Gasteiger charge is -2.13. The van der Waals surface area contributed by atoms with Gasteiger partial charge in [0.05, 0.1) is 11.5 Å². The Morgan fingerprint density at radius 2 is 1.76 bits per heavy atom. The van der Waals surface area contributed by atoms with Gasteiger partial charge in [-0.25, -0.2) is 13.1 Å². The van der Waals surface area contributed by atoms with Crippen LogP contribution in [0.25, 0.3) is 0 Å². The average molecular weight is 311 g/mol. The van der Waals surface area contributed by atoms with Crippen LogP contribution in [-0.2, 0) is 23.1 Å². The van der Waals surface area contributed by atoms with E-state index in [4.69, 9.17) is 0 Å². The first-order valence-corrected chi connectivity index (χ1v) is 8.81. The van der Waals surface area contributed by atoms with Crippen molar-refractivity contribution < 1.29 is 13.5 Å². The van der Waals surface area contributed by atoms with Gasteiger partial charge in [-0.3, -0.25) is 0 Å². The van der Waals surface area contributed by atoms with E-state index in [0.717, 1.165) is 5.56 Å². The van der Waals surface area contributed by atoms with E-state index < -0.39 is 10.0 Å². The number of aliphatic hydroxyl groups is 1. The van der Waals surface area contributed by atoms with Gasteiger partial charge in [-0.2, -0.15) is 0 Å². The van der Waals surface area contributed by atoms with Crippen LogP contribution in [0.15, 0.2) is 23.1 Å². The SMILES string of the molecule is CCc1ccc(CO)cc1S(=O)(=O)NC1C(C)(C)C1(C)C. The van der Waals surface area contributed by atoms with Gasteiger partial charge in [0.1, 0.15) is 0 Å². The van der Waals surface area contributed by atoms with Crippen LogP contribution in [0.4, 0.5) is 0 Å². The molecule has 2 rings (SSSR count). The highest BCUT2D eigenvalue weighted by molar-refractivity contribution is 7.89.